The Morgan fingerprint density at radius 1 is 0.706 bits per heavy atom. The Morgan fingerprint density at radius 3 is 1.69 bits per heavy atom. The quantitative estimate of drug-likeness (QED) is 0.0181. The molecule has 0 aromatic carbocycles. The summed E-state index contributed by atoms with van der Waals surface area (Å²) in [6.07, 6.45) is 2.95. The zero-order valence-electron chi connectivity index (χ0n) is 29.0. The lowest BCUT2D eigenvalue weighted by atomic mass is 10.0. The number of likely N-dealkylation sites (tertiary alicyclic amines) is 1. The number of hydrogen-bond donors (Lipinski definition) is 11. The lowest BCUT2D eigenvalue weighted by Crippen LogP contribution is -2.58. The molecule has 0 aromatic rings. The lowest BCUT2D eigenvalue weighted by Gasteiger charge is -2.28. The van der Waals surface area contributed by atoms with Crippen LogP contribution >= 0.6 is 0 Å². The van der Waals surface area contributed by atoms with Crippen molar-refractivity contribution in [2.45, 2.75) is 101 Å². The predicted molar refractivity (Wildman–Crippen MR) is 189 cm³/mol. The van der Waals surface area contributed by atoms with E-state index < -0.39 is 65.7 Å². The summed E-state index contributed by atoms with van der Waals surface area (Å²) < 4.78 is 0. The Balaban J connectivity index is 3.27. The smallest absolute Gasteiger partial charge is 0.243 e. The van der Waals surface area contributed by atoms with Crippen molar-refractivity contribution in [1.82, 2.24) is 26.2 Å². The van der Waals surface area contributed by atoms with Gasteiger partial charge in [-0.2, -0.15) is 0 Å². The third kappa shape index (κ3) is 17.4. The van der Waals surface area contributed by atoms with Gasteiger partial charge in [-0.15, -0.1) is 0 Å². The van der Waals surface area contributed by atoms with Gasteiger partial charge in [-0.3, -0.25) is 38.8 Å². The summed E-state index contributed by atoms with van der Waals surface area (Å²) in [5.41, 5.74) is 38.0. The minimum Gasteiger partial charge on any atom is -0.370 e. The van der Waals surface area contributed by atoms with Crippen LogP contribution in [0.3, 0.4) is 0 Å². The van der Waals surface area contributed by atoms with E-state index >= 15 is 0 Å². The Morgan fingerprint density at radius 2 is 1.22 bits per heavy atom. The van der Waals surface area contributed by atoms with Gasteiger partial charge in [0.15, 0.2) is 11.9 Å². The van der Waals surface area contributed by atoms with Crippen LogP contribution in [-0.4, -0.2) is 121 Å². The Kier molecular flexibility index (Phi) is 20.8. The van der Waals surface area contributed by atoms with Crippen LogP contribution in [0.15, 0.2) is 9.98 Å². The molecule has 0 unspecified atom stereocenters. The number of unbranched alkanes of at least 4 members (excludes halogenated alkanes) is 1. The van der Waals surface area contributed by atoms with Gasteiger partial charge in [-0.25, -0.2) is 0 Å². The number of primary amides is 1. The average Bonchev–Trinajstić information content (AvgIpc) is 3.58. The number of nitrogens with one attached hydrogen (secondary N) is 4. The van der Waals surface area contributed by atoms with Gasteiger partial charge in [0.2, 0.25) is 35.4 Å². The van der Waals surface area contributed by atoms with E-state index in [-0.39, 0.29) is 76.5 Å². The van der Waals surface area contributed by atoms with Gasteiger partial charge >= 0.3 is 0 Å². The van der Waals surface area contributed by atoms with Gasteiger partial charge in [0, 0.05) is 26.1 Å². The molecular formula is C30H56N14O7. The second-order valence-electron chi connectivity index (χ2n) is 12.1. The Hall–Kier alpha value is -5.05. The maximum atomic E-state index is 13.7. The van der Waals surface area contributed by atoms with Gasteiger partial charge in [0.05, 0.1) is 12.6 Å². The number of nitrogens with two attached hydrogens (primary N) is 7. The normalized spacial score (nSPS) is 16.0. The fourth-order valence-corrected chi connectivity index (χ4v) is 5.33. The van der Waals surface area contributed by atoms with Crippen molar-refractivity contribution in [1.29, 1.82) is 0 Å². The van der Waals surface area contributed by atoms with Crippen molar-refractivity contribution in [2.24, 2.45) is 50.1 Å². The summed E-state index contributed by atoms with van der Waals surface area (Å²) in [6.45, 7) is 0.681. The first-order valence-corrected chi connectivity index (χ1v) is 17.0. The minimum atomic E-state index is -1.23. The number of carbonyl (C=O) groups excluding carboxylic acids is 7. The van der Waals surface area contributed by atoms with E-state index in [4.69, 9.17) is 40.1 Å². The van der Waals surface area contributed by atoms with Gasteiger partial charge in [0.1, 0.15) is 30.5 Å². The molecule has 0 spiro atoms. The number of hydrogen-bond acceptors (Lipinski definition) is 11. The Bertz CT molecular complexity index is 1240. The second kappa shape index (κ2) is 24.2. The van der Waals surface area contributed by atoms with Crippen LogP contribution in [0.2, 0.25) is 0 Å². The number of nitrogens with zero attached hydrogens (tertiary/aromatic N) is 3. The third-order valence-corrected chi connectivity index (χ3v) is 7.98. The third-order valence-electron chi connectivity index (χ3n) is 7.98. The highest BCUT2D eigenvalue weighted by Gasteiger charge is 2.36. The van der Waals surface area contributed by atoms with Crippen LogP contribution in [0.5, 0.6) is 0 Å². The number of amides is 6. The van der Waals surface area contributed by atoms with Crippen molar-refractivity contribution in [3.8, 4) is 0 Å². The van der Waals surface area contributed by atoms with Crippen LogP contribution in [0.4, 0.5) is 0 Å². The van der Waals surface area contributed by atoms with Crippen LogP contribution < -0.4 is 61.4 Å². The number of rotatable bonds is 25. The standard InChI is InChI=1S/C30H56N14O7/c31-12-2-1-6-19(43-28(51)22-9-5-15-44(22)24(47)16-32)26(49)42-21(8-4-14-39-30(36)37)27(50)41-20(7-3-13-38-29(34)35)25(48)40-18(17-45)10-11-23(33)46/h17-22H,1-16,31-32H2,(H2,33,46)(H,40,48)(H,41,50)(H,42,49)(H,43,51)(H4,34,35,38)(H4,36,37,39)/t18-,19-,20-,21-,22-/m0/s1. The van der Waals surface area contributed by atoms with E-state index in [0.29, 0.717) is 45.1 Å². The Labute approximate surface area is 297 Å². The van der Waals surface area contributed by atoms with E-state index in [1.165, 1.54) is 4.90 Å². The molecule has 18 N–H and O–H groups in total. The zero-order chi connectivity index (χ0) is 38.3. The molecule has 21 nitrogen and oxygen atoms in total. The largest absolute Gasteiger partial charge is 0.370 e. The highest BCUT2D eigenvalue weighted by atomic mass is 16.2. The molecule has 0 aromatic heterocycles. The molecule has 1 aliphatic heterocycles. The van der Waals surface area contributed by atoms with Gasteiger partial charge in [0.25, 0.3) is 0 Å². The van der Waals surface area contributed by atoms with Gasteiger partial charge in [-0.05, 0) is 70.8 Å². The summed E-state index contributed by atoms with van der Waals surface area (Å²) >= 11 is 0. The molecule has 0 aliphatic carbocycles. The number of aldehydes is 1. The van der Waals surface area contributed by atoms with Crippen LogP contribution in [0.25, 0.3) is 0 Å². The first kappa shape index (κ1) is 44.0. The van der Waals surface area contributed by atoms with E-state index in [2.05, 4.69) is 31.3 Å². The average molecular weight is 725 g/mol. The first-order valence-electron chi connectivity index (χ1n) is 17.0. The van der Waals surface area contributed by atoms with Crippen molar-refractivity contribution < 1.29 is 33.6 Å². The van der Waals surface area contributed by atoms with Crippen molar-refractivity contribution in [2.75, 3.05) is 32.7 Å². The maximum absolute atomic E-state index is 13.7. The maximum Gasteiger partial charge on any atom is 0.243 e. The molecule has 6 amide bonds. The predicted octanol–water partition coefficient (Wildman–Crippen LogP) is -5.42. The second-order valence-corrected chi connectivity index (χ2v) is 12.1. The molecule has 1 aliphatic rings. The molecule has 288 valence electrons. The first-order chi connectivity index (χ1) is 24.2. The fraction of sp³-hybridized carbons (Fsp3) is 0.700. The molecule has 1 fully saturated rings. The molecule has 0 radical (unpaired) electrons. The van der Waals surface area contributed by atoms with Crippen molar-refractivity contribution in [3.05, 3.63) is 0 Å². The SMILES string of the molecule is NCCCC[C@H](NC(=O)[C@@H]1CCCN1C(=O)CN)C(=O)N[C@@H](CCCN=C(N)N)C(=O)N[C@@H](CCCN=C(N)N)C(=O)N[C@H](C=O)CCC(N)=O. The zero-order valence-corrected chi connectivity index (χ0v) is 29.0. The number of guanidine groups is 2. The molecule has 1 saturated heterocycles. The topological polar surface area (TPSA) is 378 Å². The molecule has 51 heavy (non-hydrogen) atoms. The molecule has 21 heteroatoms. The molecule has 0 saturated carbocycles. The van der Waals surface area contributed by atoms with E-state index in [1.54, 1.807) is 0 Å². The molecule has 1 rings (SSSR count). The summed E-state index contributed by atoms with van der Waals surface area (Å²) in [5.74, 6) is -4.10. The summed E-state index contributed by atoms with van der Waals surface area (Å²) in [5, 5.41) is 10.5. The monoisotopic (exact) mass is 724 g/mol. The van der Waals surface area contributed by atoms with E-state index in [1.807, 2.05) is 0 Å². The molecular weight excluding hydrogens is 668 g/mol. The van der Waals surface area contributed by atoms with Crippen molar-refractivity contribution in [3.63, 3.8) is 0 Å². The summed E-state index contributed by atoms with van der Waals surface area (Å²) in [6, 6.07) is -5.41. The van der Waals surface area contributed by atoms with Gasteiger partial charge in [-0.1, -0.05) is 0 Å². The van der Waals surface area contributed by atoms with E-state index in [9.17, 15) is 33.6 Å². The van der Waals surface area contributed by atoms with Crippen LogP contribution in [-0.2, 0) is 33.6 Å². The molecule has 0 bridgehead atoms. The fourth-order valence-electron chi connectivity index (χ4n) is 5.33. The van der Waals surface area contributed by atoms with Crippen LogP contribution in [0, 0.1) is 0 Å². The summed E-state index contributed by atoms with van der Waals surface area (Å²) in [7, 11) is 0. The van der Waals surface area contributed by atoms with Crippen molar-refractivity contribution >= 4 is 53.6 Å². The highest BCUT2D eigenvalue weighted by Crippen LogP contribution is 2.18. The summed E-state index contributed by atoms with van der Waals surface area (Å²) in [4.78, 5) is 98.4. The van der Waals surface area contributed by atoms with E-state index in [0.717, 1.165) is 0 Å². The number of carbonyl (C=O) groups is 7. The van der Waals surface area contributed by atoms with Crippen LogP contribution in [0.1, 0.15) is 70.6 Å². The molecule has 1 heterocycles. The molecule has 5 atom stereocenters. The minimum absolute atomic E-state index is 0.0249. The lowest BCUT2D eigenvalue weighted by molar-refractivity contribution is -0.139. The van der Waals surface area contributed by atoms with Gasteiger partial charge < -0.3 is 71.1 Å². The number of aliphatic imine (C=N–C) groups is 2. The highest BCUT2D eigenvalue weighted by molar-refractivity contribution is 5.96.